The van der Waals surface area contributed by atoms with E-state index in [1.165, 1.54) is 23.5 Å². The quantitative estimate of drug-likeness (QED) is 0.631. The molecule has 1 aliphatic carbocycles. The van der Waals surface area contributed by atoms with Crippen molar-refractivity contribution in [1.29, 1.82) is 0 Å². The van der Waals surface area contributed by atoms with Crippen LogP contribution in [0.4, 0.5) is 14.5 Å². The zero-order chi connectivity index (χ0) is 19.1. The highest BCUT2D eigenvalue weighted by atomic mass is 32.1. The Kier molecular flexibility index (Phi) is 4.72. The fourth-order valence-electron chi connectivity index (χ4n) is 3.64. The molecule has 4 rings (SSSR count). The van der Waals surface area contributed by atoms with Crippen molar-refractivity contribution < 1.29 is 8.78 Å². The topological polar surface area (TPSA) is 37.6 Å². The van der Waals surface area contributed by atoms with Crippen LogP contribution in [0.5, 0.6) is 0 Å². The third-order valence-electron chi connectivity index (χ3n) is 5.19. The first-order valence-corrected chi connectivity index (χ1v) is 9.92. The van der Waals surface area contributed by atoms with E-state index in [1.54, 1.807) is 22.6 Å². The van der Waals surface area contributed by atoms with Crippen LogP contribution >= 0.6 is 11.3 Å². The van der Waals surface area contributed by atoms with E-state index in [1.807, 2.05) is 18.7 Å². The first-order valence-electron chi connectivity index (χ1n) is 9.10. The average Bonchev–Trinajstić information content (AvgIpc) is 3.35. The highest BCUT2D eigenvalue weighted by Crippen LogP contribution is 2.49. The molecule has 3 aromatic rings. The Morgan fingerprint density at radius 3 is 2.70 bits per heavy atom. The molecule has 2 heterocycles. The van der Waals surface area contributed by atoms with Gasteiger partial charge in [0.15, 0.2) is 4.96 Å². The first kappa shape index (κ1) is 18.1. The lowest BCUT2D eigenvalue weighted by atomic mass is 10.2. The van der Waals surface area contributed by atoms with Crippen molar-refractivity contribution in [2.75, 3.05) is 18.1 Å². The molecular weight excluding hydrogens is 368 g/mol. The second kappa shape index (κ2) is 7.03. The molecule has 1 aromatic carbocycles. The molecule has 0 radical (unpaired) electrons. The molecule has 0 spiro atoms. The van der Waals surface area contributed by atoms with Gasteiger partial charge in [0.1, 0.15) is 5.82 Å². The summed E-state index contributed by atoms with van der Waals surface area (Å²) in [5.74, 6) is -0.122. The van der Waals surface area contributed by atoms with Gasteiger partial charge in [-0.15, -0.1) is 11.3 Å². The Morgan fingerprint density at radius 2 is 2.07 bits per heavy atom. The number of hydrogen-bond acceptors (Lipinski definition) is 4. The summed E-state index contributed by atoms with van der Waals surface area (Å²) in [7, 11) is 0. The maximum atomic E-state index is 13.2. The maximum Gasteiger partial charge on any atom is 0.259 e. The summed E-state index contributed by atoms with van der Waals surface area (Å²) in [6.45, 7) is 4.81. The number of aryl methyl sites for hydroxylation is 1. The van der Waals surface area contributed by atoms with Gasteiger partial charge in [0.05, 0.1) is 18.9 Å². The number of anilines is 1. The van der Waals surface area contributed by atoms with Crippen LogP contribution in [0.25, 0.3) is 4.96 Å². The normalized spacial score (nSPS) is 18.8. The first-order chi connectivity index (χ1) is 13.0. The minimum atomic E-state index is -0.342. The van der Waals surface area contributed by atoms with Crippen LogP contribution in [0, 0.1) is 18.7 Å². The number of rotatable bonds is 6. The van der Waals surface area contributed by atoms with Crippen molar-refractivity contribution in [3.63, 3.8) is 0 Å². The zero-order valence-electron chi connectivity index (χ0n) is 15.3. The van der Waals surface area contributed by atoms with Crippen LogP contribution in [0.2, 0.25) is 0 Å². The summed E-state index contributed by atoms with van der Waals surface area (Å²) < 4.78 is 27.8. The van der Waals surface area contributed by atoms with E-state index in [0.29, 0.717) is 23.7 Å². The summed E-state index contributed by atoms with van der Waals surface area (Å²) in [5, 5.41) is 0. The van der Waals surface area contributed by atoms with E-state index < -0.39 is 0 Å². The van der Waals surface area contributed by atoms with Gasteiger partial charge < -0.3 is 4.90 Å². The summed E-state index contributed by atoms with van der Waals surface area (Å²) in [5.41, 5.74) is 2.37. The number of aromatic nitrogens is 2. The predicted octanol–water partition coefficient (Wildman–Crippen LogP) is 4.30. The highest BCUT2D eigenvalue weighted by molar-refractivity contribution is 7.17. The van der Waals surface area contributed by atoms with Gasteiger partial charge in [-0.2, -0.15) is 0 Å². The second-order valence-electron chi connectivity index (χ2n) is 6.99. The van der Waals surface area contributed by atoms with Gasteiger partial charge in [0.2, 0.25) is 0 Å². The van der Waals surface area contributed by atoms with Crippen molar-refractivity contribution >= 4 is 22.0 Å². The number of benzene rings is 1. The van der Waals surface area contributed by atoms with Crippen molar-refractivity contribution in [3.8, 4) is 0 Å². The average molecular weight is 389 g/mol. The molecule has 1 aliphatic rings. The molecule has 1 saturated carbocycles. The molecule has 0 aliphatic heterocycles. The van der Waals surface area contributed by atoms with Crippen molar-refractivity contribution in [2.45, 2.75) is 32.7 Å². The highest BCUT2D eigenvalue weighted by Gasteiger charge is 2.41. The number of halogens is 2. The summed E-state index contributed by atoms with van der Waals surface area (Å²) in [6, 6.07) is 7.86. The molecule has 1 fully saturated rings. The molecule has 2 atom stereocenters. The molecule has 0 bridgehead atoms. The SMILES string of the molecule is CCN(Cc1cc(=O)n2c([C@@H]3C[C@H]3CF)c(C)sc2n1)c1ccc(F)cc1. The number of hydrogen-bond donors (Lipinski definition) is 0. The van der Waals surface area contributed by atoms with Gasteiger partial charge in [-0.3, -0.25) is 13.6 Å². The maximum absolute atomic E-state index is 13.2. The molecule has 0 unspecified atom stereocenters. The molecule has 0 N–H and O–H groups in total. The summed E-state index contributed by atoms with van der Waals surface area (Å²) in [6.07, 6.45) is 0.797. The Balaban J connectivity index is 1.67. The van der Waals surface area contributed by atoms with Gasteiger partial charge >= 0.3 is 0 Å². The lowest BCUT2D eigenvalue weighted by Gasteiger charge is -2.22. The number of alkyl halides is 1. The molecule has 4 nitrogen and oxygen atoms in total. The molecular formula is C20H21F2N3OS. The smallest absolute Gasteiger partial charge is 0.259 e. The van der Waals surface area contributed by atoms with Crippen LogP contribution < -0.4 is 10.5 Å². The van der Waals surface area contributed by atoms with Crippen molar-refractivity contribution in [1.82, 2.24) is 9.38 Å². The lowest BCUT2D eigenvalue weighted by Crippen LogP contribution is -2.25. The van der Waals surface area contributed by atoms with E-state index in [0.717, 1.165) is 22.7 Å². The standard InChI is InChI=1S/C20H21F2N3OS/c1-3-24(16-6-4-14(22)5-7-16)11-15-9-18(26)25-19(17-8-13(17)10-21)12(2)27-20(25)23-15/h4-7,9,13,17H,3,8,10-11H2,1-2H3/t13-,17+/m0/s1. The van der Waals surface area contributed by atoms with E-state index in [4.69, 9.17) is 0 Å². The van der Waals surface area contributed by atoms with Crippen LogP contribution in [0.15, 0.2) is 35.1 Å². The van der Waals surface area contributed by atoms with Crippen molar-refractivity contribution in [2.24, 2.45) is 5.92 Å². The van der Waals surface area contributed by atoms with Crippen LogP contribution in [-0.4, -0.2) is 22.6 Å². The Hall–Kier alpha value is -2.28. The summed E-state index contributed by atoms with van der Waals surface area (Å²) in [4.78, 5) is 21.2. The van der Waals surface area contributed by atoms with Crippen molar-refractivity contribution in [3.05, 3.63) is 62.8 Å². The van der Waals surface area contributed by atoms with E-state index in [2.05, 4.69) is 4.98 Å². The molecule has 0 amide bonds. The minimum absolute atomic E-state index is 0.0298. The van der Waals surface area contributed by atoms with Gasteiger partial charge in [-0.25, -0.2) is 9.37 Å². The Bertz CT molecular complexity index is 1030. The molecule has 0 saturated heterocycles. The fourth-order valence-corrected chi connectivity index (χ4v) is 4.70. The van der Waals surface area contributed by atoms with E-state index in [-0.39, 0.29) is 29.9 Å². The van der Waals surface area contributed by atoms with Gasteiger partial charge in [-0.05, 0) is 50.5 Å². The molecule has 27 heavy (non-hydrogen) atoms. The van der Waals surface area contributed by atoms with Crippen LogP contribution in [-0.2, 0) is 6.54 Å². The number of thiazole rings is 1. The van der Waals surface area contributed by atoms with E-state index >= 15 is 0 Å². The fraction of sp³-hybridized carbons (Fsp3) is 0.400. The predicted molar refractivity (Wildman–Crippen MR) is 104 cm³/mol. The van der Waals surface area contributed by atoms with Gasteiger partial charge in [-0.1, -0.05) is 0 Å². The molecule has 142 valence electrons. The molecule has 7 heteroatoms. The second-order valence-corrected chi connectivity index (χ2v) is 8.18. The monoisotopic (exact) mass is 389 g/mol. The summed E-state index contributed by atoms with van der Waals surface area (Å²) >= 11 is 1.48. The Morgan fingerprint density at radius 1 is 1.33 bits per heavy atom. The Labute approximate surface area is 160 Å². The number of fused-ring (bicyclic) bond motifs is 1. The third-order valence-corrected chi connectivity index (χ3v) is 6.16. The number of nitrogens with zero attached hydrogens (tertiary/aromatic N) is 3. The van der Waals surface area contributed by atoms with Crippen LogP contribution in [0.1, 0.15) is 35.5 Å². The van der Waals surface area contributed by atoms with Crippen LogP contribution in [0.3, 0.4) is 0 Å². The van der Waals surface area contributed by atoms with Gasteiger partial charge in [0.25, 0.3) is 5.56 Å². The lowest BCUT2D eigenvalue weighted by molar-refractivity contribution is 0.451. The zero-order valence-corrected chi connectivity index (χ0v) is 16.1. The largest absolute Gasteiger partial charge is 0.366 e. The van der Waals surface area contributed by atoms with E-state index in [9.17, 15) is 13.6 Å². The van der Waals surface area contributed by atoms with Gasteiger partial charge in [0, 0.05) is 34.8 Å². The minimum Gasteiger partial charge on any atom is -0.366 e. The molecule has 2 aromatic heterocycles. The third kappa shape index (κ3) is 3.36.